The molecule has 0 aliphatic carbocycles. The number of thioether (sulfide) groups is 1. The number of hydrogen-bond donors (Lipinski definition) is 2. The third-order valence-electron chi connectivity index (χ3n) is 2.66. The van der Waals surface area contributed by atoms with E-state index in [9.17, 15) is 4.79 Å². The SMILES string of the molecule is Nc1cccc(OCC(=O)NCCSc2ccccc2)c1. The summed E-state index contributed by atoms with van der Waals surface area (Å²) in [6, 6.07) is 17.1. The molecule has 0 heterocycles. The van der Waals surface area contributed by atoms with Crippen molar-refractivity contribution >= 4 is 23.4 Å². The van der Waals surface area contributed by atoms with Gasteiger partial charge < -0.3 is 15.8 Å². The zero-order valence-corrected chi connectivity index (χ0v) is 12.4. The molecule has 0 saturated carbocycles. The molecule has 3 N–H and O–H groups in total. The Morgan fingerprint density at radius 1 is 1.14 bits per heavy atom. The van der Waals surface area contributed by atoms with Crippen LogP contribution in [0.5, 0.6) is 5.75 Å². The normalized spacial score (nSPS) is 10.1. The molecule has 0 unspecified atom stereocenters. The summed E-state index contributed by atoms with van der Waals surface area (Å²) in [4.78, 5) is 12.8. The zero-order valence-electron chi connectivity index (χ0n) is 11.6. The lowest BCUT2D eigenvalue weighted by Crippen LogP contribution is -2.30. The highest BCUT2D eigenvalue weighted by Crippen LogP contribution is 2.16. The Hall–Kier alpha value is -2.14. The van der Waals surface area contributed by atoms with E-state index in [1.807, 2.05) is 18.2 Å². The largest absolute Gasteiger partial charge is 0.484 e. The van der Waals surface area contributed by atoms with Gasteiger partial charge in [0.15, 0.2) is 6.61 Å². The molecule has 0 radical (unpaired) electrons. The van der Waals surface area contributed by atoms with Crippen LogP contribution in [0, 0.1) is 0 Å². The van der Waals surface area contributed by atoms with Crippen LogP contribution in [-0.4, -0.2) is 24.8 Å². The predicted molar refractivity (Wildman–Crippen MR) is 86.5 cm³/mol. The topological polar surface area (TPSA) is 64.3 Å². The van der Waals surface area contributed by atoms with E-state index < -0.39 is 0 Å². The molecule has 2 rings (SSSR count). The summed E-state index contributed by atoms with van der Waals surface area (Å²) in [6.07, 6.45) is 0. The van der Waals surface area contributed by atoms with E-state index in [0.717, 1.165) is 5.75 Å². The second kappa shape index (κ2) is 8.21. The molecule has 4 nitrogen and oxygen atoms in total. The standard InChI is InChI=1S/C16H18N2O2S/c17-13-5-4-6-14(11-13)20-12-16(19)18-9-10-21-15-7-2-1-3-8-15/h1-8,11H,9-10,12,17H2,(H,18,19). The molecule has 0 aliphatic heterocycles. The quantitative estimate of drug-likeness (QED) is 0.469. The minimum Gasteiger partial charge on any atom is -0.484 e. The first kappa shape index (κ1) is 15.3. The second-order valence-corrected chi connectivity index (χ2v) is 5.54. The van der Waals surface area contributed by atoms with Crippen molar-refractivity contribution < 1.29 is 9.53 Å². The van der Waals surface area contributed by atoms with Crippen LogP contribution in [0.25, 0.3) is 0 Å². The van der Waals surface area contributed by atoms with Gasteiger partial charge in [0.25, 0.3) is 5.91 Å². The molecule has 0 fully saturated rings. The van der Waals surface area contributed by atoms with Gasteiger partial charge in [-0.2, -0.15) is 0 Å². The highest BCUT2D eigenvalue weighted by Gasteiger charge is 2.02. The van der Waals surface area contributed by atoms with Crippen molar-refractivity contribution in [2.45, 2.75) is 4.90 Å². The minimum absolute atomic E-state index is 0.000539. The van der Waals surface area contributed by atoms with E-state index in [2.05, 4.69) is 17.4 Å². The van der Waals surface area contributed by atoms with Gasteiger partial charge in [-0.15, -0.1) is 11.8 Å². The van der Waals surface area contributed by atoms with Crippen LogP contribution in [0.4, 0.5) is 5.69 Å². The average molecular weight is 302 g/mol. The predicted octanol–water partition coefficient (Wildman–Crippen LogP) is 2.56. The first-order valence-corrected chi connectivity index (χ1v) is 7.65. The van der Waals surface area contributed by atoms with Gasteiger partial charge in [0.2, 0.25) is 0 Å². The van der Waals surface area contributed by atoms with E-state index in [-0.39, 0.29) is 12.5 Å². The minimum atomic E-state index is -0.133. The fourth-order valence-electron chi connectivity index (χ4n) is 1.68. The highest BCUT2D eigenvalue weighted by molar-refractivity contribution is 7.99. The van der Waals surface area contributed by atoms with E-state index in [0.29, 0.717) is 18.0 Å². The maximum absolute atomic E-state index is 11.6. The zero-order chi connectivity index (χ0) is 14.9. The molecule has 0 aliphatic rings. The lowest BCUT2D eigenvalue weighted by Gasteiger charge is -2.08. The molecule has 2 aromatic rings. The van der Waals surface area contributed by atoms with E-state index in [1.54, 1.807) is 36.0 Å². The lowest BCUT2D eigenvalue weighted by molar-refractivity contribution is -0.122. The van der Waals surface area contributed by atoms with Crippen LogP contribution in [0.3, 0.4) is 0 Å². The van der Waals surface area contributed by atoms with Crippen molar-refractivity contribution in [1.29, 1.82) is 0 Å². The summed E-state index contributed by atoms with van der Waals surface area (Å²) in [5.41, 5.74) is 6.25. The number of nitrogens with two attached hydrogens (primary N) is 1. The van der Waals surface area contributed by atoms with Crippen LogP contribution in [0.15, 0.2) is 59.5 Å². The maximum Gasteiger partial charge on any atom is 0.257 e. The monoisotopic (exact) mass is 302 g/mol. The molecule has 2 aromatic carbocycles. The van der Waals surface area contributed by atoms with Crippen LogP contribution >= 0.6 is 11.8 Å². The third kappa shape index (κ3) is 5.79. The van der Waals surface area contributed by atoms with Gasteiger partial charge in [0, 0.05) is 28.9 Å². The van der Waals surface area contributed by atoms with E-state index in [1.165, 1.54) is 4.90 Å². The van der Waals surface area contributed by atoms with Crippen molar-refractivity contribution in [3.63, 3.8) is 0 Å². The van der Waals surface area contributed by atoms with Gasteiger partial charge in [-0.3, -0.25) is 4.79 Å². The van der Waals surface area contributed by atoms with Crippen LogP contribution < -0.4 is 15.8 Å². The smallest absolute Gasteiger partial charge is 0.257 e. The van der Waals surface area contributed by atoms with E-state index >= 15 is 0 Å². The Labute approximate surface area is 128 Å². The fraction of sp³-hybridized carbons (Fsp3) is 0.188. The van der Waals surface area contributed by atoms with Gasteiger partial charge >= 0.3 is 0 Å². The fourth-order valence-corrected chi connectivity index (χ4v) is 2.47. The molecular weight excluding hydrogens is 284 g/mol. The van der Waals surface area contributed by atoms with Gasteiger partial charge in [0.05, 0.1) is 0 Å². The molecule has 110 valence electrons. The van der Waals surface area contributed by atoms with Crippen molar-refractivity contribution in [2.75, 3.05) is 24.6 Å². The summed E-state index contributed by atoms with van der Waals surface area (Å²) in [5, 5.41) is 2.82. The number of carbonyl (C=O) groups is 1. The molecule has 0 bridgehead atoms. The average Bonchev–Trinajstić information content (AvgIpc) is 2.51. The van der Waals surface area contributed by atoms with Gasteiger partial charge in [0.1, 0.15) is 5.75 Å². The Morgan fingerprint density at radius 2 is 1.95 bits per heavy atom. The lowest BCUT2D eigenvalue weighted by atomic mass is 10.3. The Morgan fingerprint density at radius 3 is 2.71 bits per heavy atom. The van der Waals surface area contributed by atoms with E-state index in [4.69, 9.17) is 10.5 Å². The van der Waals surface area contributed by atoms with Crippen molar-refractivity contribution in [1.82, 2.24) is 5.32 Å². The molecule has 21 heavy (non-hydrogen) atoms. The number of anilines is 1. The molecule has 0 spiro atoms. The molecule has 0 saturated heterocycles. The summed E-state index contributed by atoms with van der Waals surface area (Å²) in [5.74, 6) is 1.29. The molecule has 5 heteroatoms. The summed E-state index contributed by atoms with van der Waals surface area (Å²) in [7, 11) is 0. The number of nitrogens with one attached hydrogen (secondary N) is 1. The number of amides is 1. The molecule has 0 aromatic heterocycles. The number of carbonyl (C=O) groups excluding carboxylic acids is 1. The van der Waals surface area contributed by atoms with Gasteiger partial charge in [-0.05, 0) is 24.3 Å². The Kier molecular flexibility index (Phi) is 5.97. The first-order valence-electron chi connectivity index (χ1n) is 6.67. The van der Waals surface area contributed by atoms with Crippen LogP contribution in [-0.2, 0) is 4.79 Å². The van der Waals surface area contributed by atoms with Gasteiger partial charge in [-0.25, -0.2) is 0 Å². The van der Waals surface area contributed by atoms with Crippen molar-refractivity contribution in [2.24, 2.45) is 0 Å². The molecule has 0 atom stereocenters. The van der Waals surface area contributed by atoms with Gasteiger partial charge in [-0.1, -0.05) is 24.3 Å². The summed E-state index contributed by atoms with van der Waals surface area (Å²) >= 11 is 1.71. The van der Waals surface area contributed by atoms with Crippen LogP contribution in [0.2, 0.25) is 0 Å². The Balaban J connectivity index is 1.62. The number of rotatable bonds is 7. The molecular formula is C16H18N2O2S. The number of ether oxygens (including phenoxy) is 1. The number of hydrogen-bond acceptors (Lipinski definition) is 4. The summed E-state index contributed by atoms with van der Waals surface area (Å²) in [6.45, 7) is 0.609. The van der Waals surface area contributed by atoms with Crippen LogP contribution in [0.1, 0.15) is 0 Å². The number of benzene rings is 2. The molecule has 1 amide bonds. The highest BCUT2D eigenvalue weighted by atomic mass is 32.2. The number of nitrogen functional groups attached to an aromatic ring is 1. The summed E-state index contributed by atoms with van der Waals surface area (Å²) < 4.78 is 5.37. The second-order valence-electron chi connectivity index (χ2n) is 4.37. The first-order chi connectivity index (χ1) is 10.2. The maximum atomic E-state index is 11.6. The Bertz CT molecular complexity index is 575. The van der Waals surface area contributed by atoms with Crippen molar-refractivity contribution in [3.05, 3.63) is 54.6 Å². The van der Waals surface area contributed by atoms with Crippen molar-refractivity contribution in [3.8, 4) is 5.75 Å². The third-order valence-corrected chi connectivity index (χ3v) is 3.68.